The molecule has 0 bridgehead atoms. The lowest BCUT2D eigenvalue weighted by Gasteiger charge is -2.18. The lowest BCUT2D eigenvalue weighted by atomic mass is 10.1. The predicted molar refractivity (Wildman–Crippen MR) is 77.5 cm³/mol. The second kappa shape index (κ2) is 6.68. The average Bonchev–Trinajstić information content (AvgIpc) is 2.53. The van der Waals surface area contributed by atoms with Crippen molar-refractivity contribution in [3.63, 3.8) is 0 Å². The summed E-state index contributed by atoms with van der Waals surface area (Å²) in [4.78, 5) is 15.5. The molecule has 2 aromatic rings. The second-order valence-electron chi connectivity index (χ2n) is 4.30. The van der Waals surface area contributed by atoms with Crippen LogP contribution in [0.25, 0.3) is 0 Å². The number of aliphatic hydroxyl groups excluding tert-OH is 1. The molecule has 104 valence electrons. The fourth-order valence-electron chi connectivity index (χ4n) is 1.89. The maximum atomic E-state index is 11.5. The Bertz CT molecular complexity index is 572. The summed E-state index contributed by atoms with van der Waals surface area (Å²) in [6.45, 7) is -0.0400. The van der Waals surface area contributed by atoms with Gasteiger partial charge in [-0.3, -0.25) is 9.78 Å². The standard InChI is InChI=1S/C15H17N3O2/c1-16-15(20)13-9-12(7-8-17-13)18-14(10-19)11-5-3-2-4-6-11/h2-9,14,19H,10H2,1H3,(H,16,20)(H,17,18). The van der Waals surface area contributed by atoms with Gasteiger partial charge < -0.3 is 15.7 Å². The molecule has 0 aliphatic carbocycles. The van der Waals surface area contributed by atoms with E-state index in [-0.39, 0.29) is 18.6 Å². The van der Waals surface area contributed by atoms with E-state index >= 15 is 0 Å². The Morgan fingerprint density at radius 3 is 2.70 bits per heavy atom. The number of anilines is 1. The van der Waals surface area contributed by atoms with Crippen molar-refractivity contribution in [1.82, 2.24) is 10.3 Å². The maximum Gasteiger partial charge on any atom is 0.269 e. The normalized spacial score (nSPS) is 11.7. The smallest absolute Gasteiger partial charge is 0.269 e. The van der Waals surface area contributed by atoms with Gasteiger partial charge in [0.25, 0.3) is 5.91 Å². The zero-order chi connectivity index (χ0) is 14.4. The van der Waals surface area contributed by atoms with Crippen LogP contribution in [0.2, 0.25) is 0 Å². The predicted octanol–water partition coefficient (Wildman–Crippen LogP) is 1.59. The summed E-state index contributed by atoms with van der Waals surface area (Å²) in [5.74, 6) is -0.242. The highest BCUT2D eigenvalue weighted by molar-refractivity contribution is 5.92. The summed E-state index contributed by atoms with van der Waals surface area (Å²) in [6, 6.07) is 12.8. The first-order valence-electron chi connectivity index (χ1n) is 6.35. The summed E-state index contributed by atoms with van der Waals surface area (Å²) in [6.07, 6.45) is 1.56. The van der Waals surface area contributed by atoms with Crippen molar-refractivity contribution in [3.8, 4) is 0 Å². The molecule has 0 saturated carbocycles. The number of aliphatic hydroxyl groups is 1. The molecule has 0 aliphatic rings. The Balaban J connectivity index is 2.18. The number of hydrogen-bond acceptors (Lipinski definition) is 4. The molecule has 0 saturated heterocycles. The summed E-state index contributed by atoms with van der Waals surface area (Å²) >= 11 is 0. The molecule has 5 heteroatoms. The van der Waals surface area contributed by atoms with Crippen molar-refractivity contribution in [1.29, 1.82) is 0 Å². The lowest BCUT2D eigenvalue weighted by Crippen LogP contribution is -2.20. The Kier molecular flexibility index (Phi) is 4.68. The molecular weight excluding hydrogens is 254 g/mol. The van der Waals surface area contributed by atoms with Gasteiger partial charge in [0, 0.05) is 18.9 Å². The summed E-state index contributed by atoms with van der Waals surface area (Å²) in [5.41, 5.74) is 2.05. The van der Waals surface area contributed by atoms with Crippen LogP contribution in [0.3, 0.4) is 0 Å². The molecular formula is C15H17N3O2. The van der Waals surface area contributed by atoms with E-state index in [1.165, 1.54) is 0 Å². The van der Waals surface area contributed by atoms with Gasteiger partial charge in [0.1, 0.15) is 5.69 Å². The van der Waals surface area contributed by atoms with Crippen molar-refractivity contribution >= 4 is 11.6 Å². The molecule has 0 radical (unpaired) electrons. The van der Waals surface area contributed by atoms with Crippen LogP contribution in [0.1, 0.15) is 22.1 Å². The molecule has 20 heavy (non-hydrogen) atoms. The van der Waals surface area contributed by atoms with Gasteiger partial charge in [-0.15, -0.1) is 0 Å². The minimum absolute atomic E-state index is 0.0400. The van der Waals surface area contributed by atoms with Crippen LogP contribution in [0.15, 0.2) is 48.7 Å². The minimum atomic E-state index is -0.242. The van der Waals surface area contributed by atoms with Crippen LogP contribution in [0.5, 0.6) is 0 Å². The number of aromatic nitrogens is 1. The number of pyridine rings is 1. The minimum Gasteiger partial charge on any atom is -0.394 e. The molecule has 2 rings (SSSR count). The van der Waals surface area contributed by atoms with Crippen molar-refractivity contribution in [2.24, 2.45) is 0 Å². The number of nitrogens with zero attached hydrogens (tertiary/aromatic N) is 1. The van der Waals surface area contributed by atoms with Crippen molar-refractivity contribution in [2.75, 3.05) is 19.0 Å². The molecule has 1 amide bonds. The van der Waals surface area contributed by atoms with E-state index in [4.69, 9.17) is 0 Å². The molecule has 1 atom stereocenters. The molecule has 0 aliphatic heterocycles. The first-order valence-corrected chi connectivity index (χ1v) is 6.35. The van der Waals surface area contributed by atoms with Crippen LogP contribution < -0.4 is 10.6 Å². The topological polar surface area (TPSA) is 74.2 Å². The van der Waals surface area contributed by atoms with Crippen molar-refractivity contribution in [3.05, 3.63) is 59.9 Å². The number of benzene rings is 1. The van der Waals surface area contributed by atoms with E-state index in [2.05, 4.69) is 15.6 Å². The zero-order valence-corrected chi connectivity index (χ0v) is 11.2. The average molecular weight is 271 g/mol. The number of hydrogen-bond donors (Lipinski definition) is 3. The third-order valence-corrected chi connectivity index (χ3v) is 2.95. The van der Waals surface area contributed by atoms with Gasteiger partial charge in [0.2, 0.25) is 0 Å². The third-order valence-electron chi connectivity index (χ3n) is 2.95. The van der Waals surface area contributed by atoms with Gasteiger partial charge >= 0.3 is 0 Å². The Morgan fingerprint density at radius 2 is 2.05 bits per heavy atom. The van der Waals surface area contributed by atoms with E-state index < -0.39 is 0 Å². The highest BCUT2D eigenvalue weighted by Crippen LogP contribution is 2.19. The van der Waals surface area contributed by atoms with Gasteiger partial charge in [0.15, 0.2) is 0 Å². The number of carbonyl (C=O) groups excluding carboxylic acids is 1. The maximum absolute atomic E-state index is 11.5. The van der Waals surface area contributed by atoms with Crippen LogP contribution in [-0.2, 0) is 0 Å². The Morgan fingerprint density at radius 1 is 1.30 bits per heavy atom. The zero-order valence-electron chi connectivity index (χ0n) is 11.2. The fourth-order valence-corrected chi connectivity index (χ4v) is 1.89. The largest absolute Gasteiger partial charge is 0.394 e. The summed E-state index contributed by atoms with van der Waals surface area (Å²) < 4.78 is 0. The Labute approximate surface area is 117 Å². The molecule has 0 fully saturated rings. The number of carbonyl (C=O) groups is 1. The lowest BCUT2D eigenvalue weighted by molar-refractivity contribution is 0.0958. The van der Waals surface area contributed by atoms with E-state index in [0.29, 0.717) is 5.69 Å². The van der Waals surface area contributed by atoms with Gasteiger partial charge in [-0.2, -0.15) is 0 Å². The van der Waals surface area contributed by atoms with E-state index in [1.807, 2.05) is 30.3 Å². The third kappa shape index (κ3) is 3.33. The number of rotatable bonds is 5. The van der Waals surface area contributed by atoms with Crippen LogP contribution in [0, 0.1) is 0 Å². The van der Waals surface area contributed by atoms with Gasteiger partial charge in [-0.1, -0.05) is 30.3 Å². The van der Waals surface area contributed by atoms with Gasteiger partial charge in [-0.25, -0.2) is 0 Å². The van der Waals surface area contributed by atoms with Crippen LogP contribution >= 0.6 is 0 Å². The fraction of sp³-hybridized carbons (Fsp3) is 0.200. The molecule has 5 nitrogen and oxygen atoms in total. The molecule has 1 heterocycles. The molecule has 1 unspecified atom stereocenters. The van der Waals surface area contributed by atoms with Gasteiger partial charge in [-0.05, 0) is 17.7 Å². The van der Waals surface area contributed by atoms with Gasteiger partial charge in [0.05, 0.1) is 12.6 Å². The summed E-state index contributed by atoms with van der Waals surface area (Å²) in [5, 5.41) is 15.2. The quantitative estimate of drug-likeness (QED) is 0.772. The first kappa shape index (κ1) is 14.0. The SMILES string of the molecule is CNC(=O)c1cc(NC(CO)c2ccccc2)ccn1. The summed E-state index contributed by atoms with van der Waals surface area (Å²) in [7, 11) is 1.56. The number of amides is 1. The van der Waals surface area contributed by atoms with E-state index in [1.54, 1.807) is 25.4 Å². The van der Waals surface area contributed by atoms with Crippen molar-refractivity contribution < 1.29 is 9.90 Å². The second-order valence-corrected chi connectivity index (χ2v) is 4.30. The molecule has 3 N–H and O–H groups in total. The Hall–Kier alpha value is -2.40. The molecule has 0 spiro atoms. The number of nitrogens with one attached hydrogen (secondary N) is 2. The molecule has 1 aromatic heterocycles. The highest BCUT2D eigenvalue weighted by atomic mass is 16.3. The molecule has 1 aromatic carbocycles. The van der Waals surface area contributed by atoms with Crippen LogP contribution in [-0.4, -0.2) is 29.7 Å². The highest BCUT2D eigenvalue weighted by Gasteiger charge is 2.11. The van der Waals surface area contributed by atoms with E-state index in [0.717, 1.165) is 11.3 Å². The van der Waals surface area contributed by atoms with Crippen LogP contribution in [0.4, 0.5) is 5.69 Å². The first-order chi connectivity index (χ1) is 9.74. The monoisotopic (exact) mass is 271 g/mol. The van der Waals surface area contributed by atoms with E-state index in [9.17, 15) is 9.90 Å². The van der Waals surface area contributed by atoms with Crippen molar-refractivity contribution in [2.45, 2.75) is 6.04 Å².